The Hall–Kier alpha value is -0.800. The Kier molecular flexibility index (Phi) is 3.08. The highest BCUT2D eigenvalue weighted by atomic mass is 16.3. The second kappa shape index (κ2) is 4.22. The van der Waals surface area contributed by atoms with Crippen LogP contribution in [0.5, 0.6) is 0 Å². The van der Waals surface area contributed by atoms with E-state index in [1.807, 2.05) is 0 Å². The van der Waals surface area contributed by atoms with E-state index in [2.05, 4.69) is 0 Å². The number of aliphatic hydroxyl groups excluding tert-OH is 2. The summed E-state index contributed by atoms with van der Waals surface area (Å²) in [6, 6.07) is 0. The van der Waals surface area contributed by atoms with Gasteiger partial charge in [-0.15, -0.1) is 0 Å². The summed E-state index contributed by atoms with van der Waals surface area (Å²) < 4.78 is 0. The molecule has 0 aromatic heterocycles. The average molecular weight is 224 g/mol. The summed E-state index contributed by atoms with van der Waals surface area (Å²) in [5, 5.41) is 30.4. The third-order valence-corrected chi connectivity index (χ3v) is 4.10. The van der Waals surface area contributed by atoms with Gasteiger partial charge in [0.25, 0.3) is 0 Å². The Morgan fingerprint density at radius 3 is 2.50 bits per heavy atom. The minimum atomic E-state index is -1.26. The first kappa shape index (κ1) is 11.7. The fourth-order valence-corrected chi connectivity index (χ4v) is 2.97. The molecule has 2 aliphatic carbocycles. The van der Waals surface area contributed by atoms with Crippen LogP contribution in [0.1, 0.15) is 39.0 Å². The van der Waals surface area contributed by atoms with Gasteiger partial charge in [-0.2, -0.15) is 0 Å². The molecule has 3 heteroatoms. The zero-order valence-corrected chi connectivity index (χ0v) is 9.69. The van der Waals surface area contributed by atoms with Crippen molar-refractivity contribution in [3.63, 3.8) is 0 Å². The van der Waals surface area contributed by atoms with E-state index in [0.717, 1.165) is 25.7 Å². The summed E-state index contributed by atoms with van der Waals surface area (Å²) in [5.41, 5.74) is -0.756. The normalized spacial score (nSPS) is 36.8. The van der Waals surface area contributed by atoms with Crippen molar-refractivity contribution in [3.05, 3.63) is 23.5 Å². The van der Waals surface area contributed by atoms with Crippen molar-refractivity contribution < 1.29 is 15.3 Å². The van der Waals surface area contributed by atoms with Crippen LogP contribution in [0, 0.1) is 5.92 Å². The van der Waals surface area contributed by atoms with E-state index in [1.54, 1.807) is 6.92 Å². The highest BCUT2D eigenvalue weighted by Gasteiger charge is 2.46. The second-order valence-electron chi connectivity index (χ2n) is 4.97. The molecule has 2 rings (SSSR count). The Balaban J connectivity index is 2.30. The predicted molar refractivity (Wildman–Crippen MR) is 62.0 cm³/mol. The molecular formula is C13H20O3. The first-order chi connectivity index (χ1) is 7.56. The van der Waals surface area contributed by atoms with Crippen molar-refractivity contribution in [2.75, 3.05) is 0 Å². The van der Waals surface area contributed by atoms with Crippen LogP contribution < -0.4 is 0 Å². The summed E-state index contributed by atoms with van der Waals surface area (Å²) >= 11 is 0. The van der Waals surface area contributed by atoms with E-state index in [9.17, 15) is 15.3 Å². The van der Waals surface area contributed by atoms with Crippen molar-refractivity contribution in [1.29, 1.82) is 0 Å². The van der Waals surface area contributed by atoms with Crippen LogP contribution >= 0.6 is 0 Å². The molecule has 0 spiro atoms. The largest absolute Gasteiger partial charge is 0.508 e. The lowest BCUT2D eigenvalue weighted by atomic mass is 9.69. The summed E-state index contributed by atoms with van der Waals surface area (Å²) in [6.07, 6.45) is 7.29. The van der Waals surface area contributed by atoms with Crippen LogP contribution in [0.15, 0.2) is 23.5 Å². The molecule has 3 nitrogen and oxygen atoms in total. The minimum absolute atomic E-state index is 0.0587. The molecule has 2 aliphatic rings. The molecule has 16 heavy (non-hydrogen) atoms. The quantitative estimate of drug-likeness (QED) is 0.639. The molecule has 0 aromatic rings. The zero-order valence-electron chi connectivity index (χ0n) is 9.69. The van der Waals surface area contributed by atoms with Gasteiger partial charge in [0.2, 0.25) is 0 Å². The number of allylic oxidation sites excluding steroid dienone is 1. The SMILES string of the molecule is CC1=C(O)C=CC(O)C1(O)C1CCCCC1. The van der Waals surface area contributed by atoms with Gasteiger partial charge in [-0.1, -0.05) is 19.3 Å². The lowest BCUT2D eigenvalue weighted by Crippen LogP contribution is -2.51. The number of aliphatic hydroxyl groups is 3. The standard InChI is InChI=1S/C13H20O3/c1-9-11(14)7-8-12(15)13(9,16)10-5-3-2-4-6-10/h7-8,10,12,14-16H,2-6H2,1H3. The molecule has 0 amide bonds. The summed E-state index contributed by atoms with van der Waals surface area (Å²) in [7, 11) is 0. The molecule has 1 saturated carbocycles. The van der Waals surface area contributed by atoms with Gasteiger partial charge in [0.15, 0.2) is 0 Å². The molecule has 0 aromatic carbocycles. The summed E-state index contributed by atoms with van der Waals surface area (Å²) in [4.78, 5) is 0. The van der Waals surface area contributed by atoms with Gasteiger partial charge >= 0.3 is 0 Å². The van der Waals surface area contributed by atoms with Crippen LogP contribution in [0.25, 0.3) is 0 Å². The third kappa shape index (κ3) is 1.68. The Labute approximate surface area is 96.1 Å². The Morgan fingerprint density at radius 1 is 1.25 bits per heavy atom. The Bertz CT molecular complexity index is 326. The highest BCUT2D eigenvalue weighted by molar-refractivity contribution is 5.35. The van der Waals surface area contributed by atoms with E-state index in [1.165, 1.54) is 18.6 Å². The molecule has 0 bridgehead atoms. The molecule has 0 saturated heterocycles. The molecule has 0 aliphatic heterocycles. The molecule has 3 N–H and O–H groups in total. The van der Waals surface area contributed by atoms with Crippen molar-refractivity contribution >= 4 is 0 Å². The van der Waals surface area contributed by atoms with Gasteiger partial charge < -0.3 is 15.3 Å². The summed E-state index contributed by atoms with van der Waals surface area (Å²) in [5.74, 6) is 0.154. The summed E-state index contributed by atoms with van der Waals surface area (Å²) in [6.45, 7) is 1.71. The molecule has 2 atom stereocenters. The topological polar surface area (TPSA) is 60.7 Å². The van der Waals surface area contributed by atoms with Crippen LogP contribution in [0.4, 0.5) is 0 Å². The van der Waals surface area contributed by atoms with Gasteiger partial charge in [0.05, 0.1) is 0 Å². The van der Waals surface area contributed by atoms with E-state index < -0.39 is 11.7 Å². The van der Waals surface area contributed by atoms with Gasteiger partial charge in [-0.25, -0.2) is 0 Å². The first-order valence-corrected chi connectivity index (χ1v) is 6.05. The molecule has 0 heterocycles. The zero-order chi connectivity index (χ0) is 11.8. The van der Waals surface area contributed by atoms with E-state index in [-0.39, 0.29) is 11.7 Å². The molecule has 90 valence electrons. The van der Waals surface area contributed by atoms with Gasteiger partial charge in [0, 0.05) is 5.57 Å². The van der Waals surface area contributed by atoms with Crippen LogP contribution in [-0.2, 0) is 0 Å². The van der Waals surface area contributed by atoms with Gasteiger partial charge in [-0.3, -0.25) is 0 Å². The van der Waals surface area contributed by atoms with E-state index >= 15 is 0 Å². The van der Waals surface area contributed by atoms with Crippen molar-refractivity contribution in [3.8, 4) is 0 Å². The first-order valence-electron chi connectivity index (χ1n) is 6.05. The van der Waals surface area contributed by atoms with Gasteiger partial charge in [-0.05, 0) is 37.8 Å². The van der Waals surface area contributed by atoms with Crippen molar-refractivity contribution in [2.45, 2.75) is 50.7 Å². The van der Waals surface area contributed by atoms with Crippen molar-refractivity contribution in [2.24, 2.45) is 5.92 Å². The lowest BCUT2D eigenvalue weighted by Gasteiger charge is -2.43. The van der Waals surface area contributed by atoms with Crippen LogP contribution in [0.3, 0.4) is 0 Å². The second-order valence-corrected chi connectivity index (χ2v) is 4.97. The maximum atomic E-state index is 10.7. The molecule has 2 unspecified atom stereocenters. The van der Waals surface area contributed by atoms with Gasteiger partial charge in [0.1, 0.15) is 17.5 Å². The number of rotatable bonds is 1. The molecule has 1 fully saturated rings. The fraction of sp³-hybridized carbons (Fsp3) is 0.692. The minimum Gasteiger partial charge on any atom is -0.508 e. The molecular weight excluding hydrogens is 204 g/mol. The lowest BCUT2D eigenvalue weighted by molar-refractivity contribution is -0.0795. The van der Waals surface area contributed by atoms with Crippen molar-refractivity contribution in [1.82, 2.24) is 0 Å². The highest BCUT2D eigenvalue weighted by Crippen LogP contribution is 2.42. The van der Waals surface area contributed by atoms with Crippen LogP contribution in [0.2, 0.25) is 0 Å². The molecule has 0 radical (unpaired) electrons. The monoisotopic (exact) mass is 224 g/mol. The maximum absolute atomic E-state index is 10.7. The van der Waals surface area contributed by atoms with E-state index in [4.69, 9.17) is 0 Å². The average Bonchev–Trinajstić information content (AvgIpc) is 2.33. The Morgan fingerprint density at radius 2 is 1.88 bits per heavy atom. The third-order valence-electron chi connectivity index (χ3n) is 4.10. The van der Waals surface area contributed by atoms with E-state index in [0.29, 0.717) is 5.57 Å². The predicted octanol–water partition coefficient (Wildman–Crippen LogP) is 2.06. The van der Waals surface area contributed by atoms with Crippen LogP contribution in [-0.4, -0.2) is 27.0 Å². The smallest absolute Gasteiger partial charge is 0.121 e. The fourth-order valence-electron chi connectivity index (χ4n) is 2.97. The maximum Gasteiger partial charge on any atom is 0.121 e. The number of hydrogen-bond acceptors (Lipinski definition) is 3. The number of hydrogen-bond donors (Lipinski definition) is 3.